The molecule has 0 heterocycles. The highest BCUT2D eigenvalue weighted by Gasteiger charge is 2.54. The summed E-state index contributed by atoms with van der Waals surface area (Å²) in [5.41, 5.74) is 9.58. The van der Waals surface area contributed by atoms with Crippen molar-refractivity contribution in [2.24, 2.45) is 23.0 Å². The fourth-order valence-corrected chi connectivity index (χ4v) is 6.04. The molecule has 5 atom stereocenters. The molecule has 4 heteroatoms. The number of nitrogens with two attached hydrogens (primary N) is 1. The maximum Gasteiger partial charge on any atom is 0.117 e. The number of hydrogen-bond acceptors (Lipinski definition) is 4. The highest BCUT2D eigenvalue weighted by Crippen LogP contribution is 2.61. The van der Waals surface area contributed by atoms with Gasteiger partial charge in [-0.1, -0.05) is 6.92 Å². The first-order chi connectivity index (χ1) is 11.5. The van der Waals surface area contributed by atoms with Gasteiger partial charge in [-0.25, -0.2) is 0 Å². The molecule has 0 saturated heterocycles. The van der Waals surface area contributed by atoms with Crippen molar-refractivity contribution in [3.05, 3.63) is 23.3 Å². The van der Waals surface area contributed by atoms with Crippen LogP contribution >= 0.6 is 0 Å². The van der Waals surface area contributed by atoms with Gasteiger partial charge in [0.05, 0.1) is 6.10 Å². The van der Waals surface area contributed by atoms with E-state index in [9.17, 15) is 10.2 Å². The molecule has 2 saturated carbocycles. The maximum atomic E-state index is 10.5. The van der Waals surface area contributed by atoms with Crippen molar-refractivity contribution < 1.29 is 10.2 Å². The molecular weight excluding hydrogens is 300 g/mol. The number of aliphatic hydroxyl groups is 1. The smallest absolute Gasteiger partial charge is 0.117 e. The Balaban J connectivity index is 1.71. The van der Waals surface area contributed by atoms with Crippen LogP contribution in [0.2, 0.25) is 0 Å². The fraction of sp³-hybridized carbons (Fsp3) is 0.700. The summed E-state index contributed by atoms with van der Waals surface area (Å²) in [4.78, 5) is 0. The van der Waals surface area contributed by atoms with Gasteiger partial charge in [-0.15, -0.1) is 0 Å². The number of phenols is 1. The lowest BCUT2D eigenvalue weighted by atomic mass is 9.55. The lowest BCUT2D eigenvalue weighted by Crippen LogP contribution is -2.44. The van der Waals surface area contributed by atoms with Crippen molar-refractivity contribution in [3.8, 4) is 5.75 Å². The minimum Gasteiger partial charge on any atom is -0.508 e. The van der Waals surface area contributed by atoms with E-state index >= 15 is 0 Å². The lowest BCUT2D eigenvalue weighted by molar-refractivity contribution is -0.0225. The third kappa shape index (κ3) is 2.34. The van der Waals surface area contributed by atoms with Gasteiger partial charge in [0.25, 0.3) is 0 Å². The molecule has 0 spiro atoms. The van der Waals surface area contributed by atoms with Gasteiger partial charge in [-0.3, -0.25) is 0 Å². The standard InChI is InChI=1S/C20H30N2O2/c1-20-7-6-15-14(16(20)4-5-18(20)24)3-2-12-10-13(23)11-17(19(12)15)22-9-8-21/h10-11,14-16,18,22-24H,2-9,21H2,1H3/t14-,15+,16+,18-,20+/m1/s1. The number of aliphatic hydroxyl groups excluding tert-OH is 1. The summed E-state index contributed by atoms with van der Waals surface area (Å²) in [6.45, 7) is 3.63. The number of aromatic hydroxyl groups is 1. The maximum absolute atomic E-state index is 10.5. The van der Waals surface area contributed by atoms with E-state index in [0.717, 1.165) is 44.3 Å². The summed E-state index contributed by atoms with van der Waals surface area (Å²) in [5.74, 6) is 2.20. The van der Waals surface area contributed by atoms with Crippen molar-refractivity contribution in [3.63, 3.8) is 0 Å². The van der Waals surface area contributed by atoms with Gasteiger partial charge in [0.15, 0.2) is 0 Å². The predicted molar refractivity (Wildman–Crippen MR) is 96.3 cm³/mol. The van der Waals surface area contributed by atoms with E-state index in [0.29, 0.717) is 30.0 Å². The van der Waals surface area contributed by atoms with Gasteiger partial charge in [0.1, 0.15) is 5.75 Å². The molecule has 0 bridgehead atoms. The molecule has 2 fully saturated rings. The van der Waals surface area contributed by atoms with Crippen LogP contribution < -0.4 is 11.1 Å². The van der Waals surface area contributed by atoms with Crippen molar-refractivity contribution in [2.45, 2.75) is 57.5 Å². The summed E-state index contributed by atoms with van der Waals surface area (Å²) >= 11 is 0. The average molecular weight is 330 g/mol. The second kappa shape index (κ2) is 5.92. The van der Waals surface area contributed by atoms with Crippen LogP contribution in [-0.4, -0.2) is 29.4 Å². The van der Waals surface area contributed by atoms with Crippen LogP contribution in [0, 0.1) is 17.3 Å². The van der Waals surface area contributed by atoms with Crippen LogP contribution in [0.3, 0.4) is 0 Å². The normalized spacial score (nSPS) is 37.5. The number of fused-ring (bicyclic) bond motifs is 5. The Morgan fingerprint density at radius 3 is 2.88 bits per heavy atom. The molecule has 0 radical (unpaired) electrons. The molecule has 0 aliphatic heterocycles. The van der Waals surface area contributed by atoms with E-state index in [-0.39, 0.29) is 11.5 Å². The van der Waals surface area contributed by atoms with E-state index in [1.54, 1.807) is 0 Å². The molecule has 0 aromatic heterocycles. The summed E-state index contributed by atoms with van der Waals surface area (Å²) in [5, 5.41) is 24.0. The van der Waals surface area contributed by atoms with Crippen LogP contribution in [0.4, 0.5) is 5.69 Å². The number of nitrogens with one attached hydrogen (secondary N) is 1. The fourth-order valence-electron chi connectivity index (χ4n) is 6.04. The molecule has 1 aromatic rings. The Kier molecular flexibility index (Phi) is 4.00. The van der Waals surface area contributed by atoms with E-state index in [4.69, 9.17) is 5.73 Å². The first-order valence-corrected chi connectivity index (χ1v) is 9.52. The summed E-state index contributed by atoms with van der Waals surface area (Å²) < 4.78 is 0. The van der Waals surface area contributed by atoms with Gasteiger partial charge >= 0.3 is 0 Å². The Morgan fingerprint density at radius 1 is 1.25 bits per heavy atom. The topological polar surface area (TPSA) is 78.5 Å². The molecule has 4 nitrogen and oxygen atoms in total. The minimum atomic E-state index is -0.125. The molecule has 3 aliphatic carbocycles. The van der Waals surface area contributed by atoms with Gasteiger partial charge < -0.3 is 21.3 Å². The third-order valence-corrected chi connectivity index (χ3v) is 7.22. The van der Waals surface area contributed by atoms with E-state index < -0.39 is 0 Å². The average Bonchev–Trinajstić information content (AvgIpc) is 2.87. The monoisotopic (exact) mass is 330 g/mol. The summed E-state index contributed by atoms with van der Waals surface area (Å²) in [6.07, 6.45) is 6.47. The van der Waals surface area contributed by atoms with Crippen LogP contribution in [-0.2, 0) is 6.42 Å². The highest BCUT2D eigenvalue weighted by molar-refractivity contribution is 5.61. The van der Waals surface area contributed by atoms with Crippen LogP contribution in [0.25, 0.3) is 0 Å². The van der Waals surface area contributed by atoms with E-state index in [1.807, 2.05) is 12.1 Å². The Morgan fingerprint density at radius 2 is 2.08 bits per heavy atom. The third-order valence-electron chi connectivity index (χ3n) is 7.22. The van der Waals surface area contributed by atoms with Gasteiger partial charge in [-0.05, 0) is 78.9 Å². The number of phenolic OH excluding ortho intramolecular Hbond substituents is 1. The molecule has 4 rings (SSSR count). The van der Waals surface area contributed by atoms with Crippen molar-refractivity contribution in [1.29, 1.82) is 0 Å². The van der Waals surface area contributed by atoms with E-state index in [1.165, 1.54) is 17.5 Å². The van der Waals surface area contributed by atoms with Gasteiger partial charge in [0.2, 0.25) is 0 Å². The van der Waals surface area contributed by atoms with Crippen molar-refractivity contribution in [1.82, 2.24) is 0 Å². The Bertz CT molecular complexity index is 632. The Labute approximate surface area is 144 Å². The predicted octanol–water partition coefficient (Wildman–Crippen LogP) is 2.98. The van der Waals surface area contributed by atoms with Crippen molar-refractivity contribution >= 4 is 5.69 Å². The first-order valence-electron chi connectivity index (χ1n) is 9.52. The van der Waals surface area contributed by atoms with Gasteiger partial charge in [0, 0.05) is 24.8 Å². The van der Waals surface area contributed by atoms with Gasteiger partial charge in [-0.2, -0.15) is 0 Å². The van der Waals surface area contributed by atoms with E-state index in [2.05, 4.69) is 12.2 Å². The zero-order chi connectivity index (χ0) is 16.9. The number of hydrogen-bond donors (Lipinski definition) is 4. The molecule has 0 amide bonds. The zero-order valence-electron chi connectivity index (χ0n) is 14.6. The molecule has 132 valence electrons. The second-order valence-corrected chi connectivity index (χ2v) is 8.33. The number of benzene rings is 1. The lowest BCUT2D eigenvalue weighted by Gasteiger charge is -2.50. The Hall–Kier alpha value is -1.26. The number of rotatable bonds is 3. The summed E-state index contributed by atoms with van der Waals surface area (Å²) in [6, 6.07) is 3.82. The molecule has 0 unspecified atom stereocenters. The quantitative estimate of drug-likeness (QED) is 0.687. The van der Waals surface area contributed by atoms with Crippen molar-refractivity contribution in [2.75, 3.05) is 18.4 Å². The zero-order valence-corrected chi connectivity index (χ0v) is 14.6. The molecular formula is C20H30N2O2. The number of anilines is 1. The minimum absolute atomic E-state index is 0.112. The molecule has 1 aromatic carbocycles. The summed E-state index contributed by atoms with van der Waals surface area (Å²) in [7, 11) is 0. The largest absolute Gasteiger partial charge is 0.508 e. The second-order valence-electron chi connectivity index (χ2n) is 8.33. The molecule has 24 heavy (non-hydrogen) atoms. The molecule has 3 aliphatic rings. The SMILES string of the molecule is C[C@]12CC[C@@H]3c4c(cc(O)cc4NCCN)CC[C@H]3[C@@H]1CC[C@H]2O. The van der Waals surface area contributed by atoms with Crippen LogP contribution in [0.15, 0.2) is 12.1 Å². The highest BCUT2D eigenvalue weighted by atomic mass is 16.3. The van der Waals surface area contributed by atoms with Crippen LogP contribution in [0.1, 0.15) is 56.1 Å². The number of aryl methyl sites for hydroxylation is 1. The first kappa shape index (κ1) is 16.2. The van der Waals surface area contributed by atoms with Crippen LogP contribution in [0.5, 0.6) is 5.75 Å². The molecule has 5 N–H and O–H groups in total.